The van der Waals surface area contributed by atoms with E-state index in [9.17, 15) is 4.79 Å². The summed E-state index contributed by atoms with van der Waals surface area (Å²) < 4.78 is 10.7. The number of amides is 1. The second kappa shape index (κ2) is 5.89. The number of carbonyl (C=O) groups excluding carboxylic acids is 1. The highest BCUT2D eigenvalue weighted by Gasteiger charge is 2.10. The van der Waals surface area contributed by atoms with Crippen molar-refractivity contribution in [2.24, 2.45) is 0 Å². The third kappa shape index (κ3) is 2.79. The van der Waals surface area contributed by atoms with Gasteiger partial charge in [0.15, 0.2) is 11.5 Å². The van der Waals surface area contributed by atoms with Gasteiger partial charge in [-0.2, -0.15) is 0 Å². The molecular formula is C17H16N2O3. The van der Waals surface area contributed by atoms with Crippen LogP contribution in [0.5, 0.6) is 5.75 Å². The molecule has 1 amide bonds. The van der Waals surface area contributed by atoms with Gasteiger partial charge >= 0.3 is 0 Å². The molecule has 0 fully saturated rings. The van der Waals surface area contributed by atoms with Crippen LogP contribution in [-0.2, 0) is 6.54 Å². The first-order valence-corrected chi connectivity index (χ1v) is 6.94. The van der Waals surface area contributed by atoms with E-state index in [1.807, 2.05) is 24.3 Å². The zero-order valence-corrected chi connectivity index (χ0v) is 12.4. The molecule has 0 spiro atoms. The lowest BCUT2D eigenvalue weighted by atomic mass is 10.1. The van der Waals surface area contributed by atoms with Crippen molar-refractivity contribution in [3.63, 3.8) is 0 Å². The maximum atomic E-state index is 12.3. The number of oxazole rings is 1. The molecule has 22 heavy (non-hydrogen) atoms. The van der Waals surface area contributed by atoms with Crippen LogP contribution >= 0.6 is 0 Å². The highest BCUT2D eigenvalue weighted by molar-refractivity contribution is 5.97. The predicted molar refractivity (Wildman–Crippen MR) is 82.9 cm³/mol. The minimum Gasteiger partial charge on any atom is -0.496 e. The number of nitrogens with zero attached hydrogens (tertiary/aromatic N) is 1. The first-order chi connectivity index (χ1) is 10.7. The fourth-order valence-corrected chi connectivity index (χ4v) is 2.31. The standard InChI is InChI=1S/C17H16N2O3/c1-11-19-14-8-7-12(9-16(14)22-11)17(20)18-10-13-5-3-4-6-15(13)21-2/h3-9H,10H2,1-2H3,(H,18,20). The number of hydrogen-bond acceptors (Lipinski definition) is 4. The van der Waals surface area contributed by atoms with Gasteiger partial charge in [0.25, 0.3) is 5.91 Å². The number of aryl methyl sites for hydroxylation is 1. The Bertz CT molecular complexity index is 824. The number of hydrogen-bond donors (Lipinski definition) is 1. The average molecular weight is 296 g/mol. The van der Waals surface area contributed by atoms with Gasteiger partial charge in [-0.3, -0.25) is 4.79 Å². The molecule has 2 aromatic carbocycles. The second-order valence-corrected chi connectivity index (χ2v) is 4.91. The van der Waals surface area contributed by atoms with Crippen LogP contribution in [0.1, 0.15) is 21.8 Å². The number of nitrogens with one attached hydrogen (secondary N) is 1. The fourth-order valence-electron chi connectivity index (χ4n) is 2.31. The Balaban J connectivity index is 1.75. The summed E-state index contributed by atoms with van der Waals surface area (Å²) in [7, 11) is 1.61. The molecule has 5 nitrogen and oxygen atoms in total. The molecular weight excluding hydrogens is 280 g/mol. The van der Waals surface area contributed by atoms with Crippen molar-refractivity contribution in [2.75, 3.05) is 7.11 Å². The molecule has 0 atom stereocenters. The molecule has 0 unspecified atom stereocenters. The summed E-state index contributed by atoms with van der Waals surface area (Å²) in [6.07, 6.45) is 0. The number of fused-ring (bicyclic) bond motifs is 1. The van der Waals surface area contributed by atoms with E-state index in [4.69, 9.17) is 9.15 Å². The van der Waals surface area contributed by atoms with Crippen LogP contribution in [0.3, 0.4) is 0 Å². The number of benzene rings is 2. The topological polar surface area (TPSA) is 64.4 Å². The molecule has 0 bridgehead atoms. The lowest BCUT2D eigenvalue weighted by Crippen LogP contribution is -2.22. The second-order valence-electron chi connectivity index (χ2n) is 4.91. The van der Waals surface area contributed by atoms with Crippen LogP contribution in [0.15, 0.2) is 46.9 Å². The van der Waals surface area contributed by atoms with Gasteiger partial charge in [0.05, 0.1) is 7.11 Å². The Morgan fingerprint density at radius 3 is 2.91 bits per heavy atom. The predicted octanol–water partition coefficient (Wildman–Crippen LogP) is 3.07. The molecule has 3 aromatic rings. The first kappa shape index (κ1) is 14.1. The summed E-state index contributed by atoms with van der Waals surface area (Å²) in [5.41, 5.74) is 2.83. The molecule has 0 aliphatic carbocycles. The molecule has 1 aromatic heterocycles. The van der Waals surface area contributed by atoms with Gasteiger partial charge in [-0.15, -0.1) is 0 Å². The summed E-state index contributed by atoms with van der Waals surface area (Å²) in [6.45, 7) is 2.18. The smallest absolute Gasteiger partial charge is 0.251 e. The van der Waals surface area contributed by atoms with Crippen molar-refractivity contribution in [1.82, 2.24) is 10.3 Å². The number of aromatic nitrogens is 1. The summed E-state index contributed by atoms with van der Waals surface area (Å²) >= 11 is 0. The minimum atomic E-state index is -0.165. The summed E-state index contributed by atoms with van der Waals surface area (Å²) in [4.78, 5) is 16.5. The molecule has 0 saturated carbocycles. The van der Waals surface area contributed by atoms with Crippen molar-refractivity contribution in [2.45, 2.75) is 13.5 Å². The van der Waals surface area contributed by atoms with E-state index in [0.29, 0.717) is 23.6 Å². The third-order valence-corrected chi connectivity index (χ3v) is 3.39. The van der Waals surface area contributed by atoms with Gasteiger partial charge in [-0.25, -0.2) is 4.98 Å². The van der Waals surface area contributed by atoms with Crippen molar-refractivity contribution < 1.29 is 13.9 Å². The van der Waals surface area contributed by atoms with E-state index < -0.39 is 0 Å². The quantitative estimate of drug-likeness (QED) is 0.803. The maximum absolute atomic E-state index is 12.3. The van der Waals surface area contributed by atoms with Crippen molar-refractivity contribution in [3.05, 3.63) is 59.5 Å². The summed E-state index contributed by atoms with van der Waals surface area (Å²) in [6, 6.07) is 12.8. The van der Waals surface area contributed by atoms with Crippen LogP contribution in [-0.4, -0.2) is 18.0 Å². The molecule has 5 heteroatoms. The Labute approximate surface area is 127 Å². The lowest BCUT2D eigenvalue weighted by molar-refractivity contribution is 0.0950. The Hall–Kier alpha value is -2.82. The lowest BCUT2D eigenvalue weighted by Gasteiger charge is -2.09. The van der Waals surface area contributed by atoms with Crippen LogP contribution < -0.4 is 10.1 Å². The number of para-hydroxylation sites is 1. The zero-order valence-electron chi connectivity index (χ0n) is 12.4. The van der Waals surface area contributed by atoms with E-state index in [0.717, 1.165) is 16.8 Å². The Morgan fingerprint density at radius 2 is 2.09 bits per heavy atom. The van der Waals surface area contributed by atoms with Gasteiger partial charge in [-0.05, 0) is 24.3 Å². The van der Waals surface area contributed by atoms with Crippen molar-refractivity contribution in [3.8, 4) is 5.75 Å². The average Bonchev–Trinajstić information content (AvgIpc) is 2.91. The van der Waals surface area contributed by atoms with Crippen molar-refractivity contribution >= 4 is 17.0 Å². The molecule has 0 aliphatic heterocycles. The number of methoxy groups -OCH3 is 1. The van der Waals surface area contributed by atoms with E-state index in [2.05, 4.69) is 10.3 Å². The number of ether oxygens (including phenoxy) is 1. The molecule has 1 heterocycles. The molecule has 0 aliphatic rings. The van der Waals surface area contributed by atoms with Crippen LogP contribution in [0.4, 0.5) is 0 Å². The van der Waals surface area contributed by atoms with E-state index >= 15 is 0 Å². The summed E-state index contributed by atoms with van der Waals surface area (Å²) in [5.74, 6) is 1.17. The zero-order chi connectivity index (χ0) is 15.5. The first-order valence-electron chi connectivity index (χ1n) is 6.94. The normalized spacial score (nSPS) is 10.6. The third-order valence-electron chi connectivity index (χ3n) is 3.39. The summed E-state index contributed by atoms with van der Waals surface area (Å²) in [5, 5.41) is 2.88. The van der Waals surface area contributed by atoms with Crippen molar-refractivity contribution in [1.29, 1.82) is 0 Å². The molecule has 3 rings (SSSR count). The highest BCUT2D eigenvalue weighted by Crippen LogP contribution is 2.18. The van der Waals surface area contributed by atoms with E-state index in [1.165, 1.54) is 0 Å². The van der Waals surface area contributed by atoms with Gasteiger partial charge in [0, 0.05) is 24.6 Å². The molecule has 0 saturated heterocycles. The number of carbonyl (C=O) groups is 1. The SMILES string of the molecule is COc1ccccc1CNC(=O)c1ccc2nc(C)oc2c1. The highest BCUT2D eigenvalue weighted by atomic mass is 16.5. The van der Waals surface area contributed by atoms with E-state index in [-0.39, 0.29) is 5.91 Å². The molecule has 1 N–H and O–H groups in total. The fraction of sp³-hybridized carbons (Fsp3) is 0.176. The van der Waals surface area contributed by atoms with Crippen LogP contribution in [0.2, 0.25) is 0 Å². The van der Waals surface area contributed by atoms with Gasteiger partial charge in [-0.1, -0.05) is 18.2 Å². The largest absolute Gasteiger partial charge is 0.496 e. The van der Waals surface area contributed by atoms with E-state index in [1.54, 1.807) is 32.2 Å². The molecule has 0 radical (unpaired) electrons. The Kier molecular flexibility index (Phi) is 3.78. The van der Waals surface area contributed by atoms with Gasteiger partial charge < -0.3 is 14.5 Å². The van der Waals surface area contributed by atoms with Crippen LogP contribution in [0, 0.1) is 6.92 Å². The monoisotopic (exact) mass is 296 g/mol. The maximum Gasteiger partial charge on any atom is 0.251 e. The van der Waals surface area contributed by atoms with Gasteiger partial charge in [0.2, 0.25) is 0 Å². The molecule has 112 valence electrons. The van der Waals surface area contributed by atoms with Crippen LogP contribution in [0.25, 0.3) is 11.1 Å². The number of rotatable bonds is 4. The Morgan fingerprint density at radius 1 is 1.27 bits per heavy atom. The van der Waals surface area contributed by atoms with Gasteiger partial charge in [0.1, 0.15) is 11.3 Å². The minimum absolute atomic E-state index is 0.165.